The number of nitrogens with zero attached hydrogens (tertiary/aromatic N) is 2. The predicted molar refractivity (Wildman–Crippen MR) is 135 cm³/mol. The fraction of sp³-hybridized carbons (Fsp3) is 0.462. The number of likely N-dealkylation sites (N-methyl/N-ethyl adjacent to an activating group) is 1. The molecule has 186 valence electrons. The fourth-order valence-corrected chi connectivity index (χ4v) is 4.76. The minimum atomic E-state index is -3.86. The van der Waals surface area contributed by atoms with Gasteiger partial charge in [-0.05, 0) is 58.7 Å². The number of rotatable bonds is 9. The number of nitrogens with one attached hydrogen (secondary N) is 1. The highest BCUT2D eigenvalue weighted by Crippen LogP contribution is 2.18. The number of sulfonamides is 1. The molecule has 0 aliphatic rings. The third-order valence-corrected chi connectivity index (χ3v) is 7.22. The lowest BCUT2D eigenvalue weighted by molar-refractivity contribution is -0.142. The summed E-state index contributed by atoms with van der Waals surface area (Å²) in [6, 6.07) is 13.5. The first-order valence-electron chi connectivity index (χ1n) is 11.4. The van der Waals surface area contributed by atoms with E-state index in [-0.39, 0.29) is 23.9 Å². The lowest BCUT2D eigenvalue weighted by atomic mass is 10.0. The Morgan fingerprint density at radius 1 is 1.00 bits per heavy atom. The molecule has 0 heterocycles. The Labute approximate surface area is 204 Å². The number of hydrogen-bond acceptors (Lipinski definition) is 4. The van der Waals surface area contributed by atoms with Crippen LogP contribution in [-0.2, 0) is 26.2 Å². The van der Waals surface area contributed by atoms with Crippen molar-refractivity contribution < 1.29 is 18.0 Å². The molecule has 0 saturated carbocycles. The summed E-state index contributed by atoms with van der Waals surface area (Å²) in [5, 5.41) is 2.95. The summed E-state index contributed by atoms with van der Waals surface area (Å²) in [6.07, 6.45) is 0.397. The van der Waals surface area contributed by atoms with Crippen molar-refractivity contribution in [3.8, 4) is 0 Å². The van der Waals surface area contributed by atoms with Gasteiger partial charge in [-0.3, -0.25) is 9.59 Å². The van der Waals surface area contributed by atoms with Gasteiger partial charge in [0.05, 0.1) is 11.4 Å². The molecule has 0 spiro atoms. The molecule has 0 saturated heterocycles. The minimum absolute atomic E-state index is 0.121. The molecule has 2 amide bonds. The zero-order valence-corrected chi connectivity index (χ0v) is 22.1. The zero-order chi connectivity index (χ0) is 25.7. The third kappa shape index (κ3) is 7.40. The maximum Gasteiger partial charge on any atom is 0.243 e. The van der Waals surface area contributed by atoms with Crippen LogP contribution in [0.1, 0.15) is 50.8 Å². The second-order valence-electron chi connectivity index (χ2n) is 9.75. The Morgan fingerprint density at radius 2 is 1.62 bits per heavy atom. The first-order chi connectivity index (χ1) is 15.7. The van der Waals surface area contributed by atoms with Crippen LogP contribution < -0.4 is 5.32 Å². The highest BCUT2D eigenvalue weighted by atomic mass is 32.2. The van der Waals surface area contributed by atoms with Gasteiger partial charge in [0, 0.05) is 19.1 Å². The summed E-state index contributed by atoms with van der Waals surface area (Å²) in [5.41, 5.74) is 2.39. The summed E-state index contributed by atoms with van der Waals surface area (Å²) >= 11 is 0. The van der Waals surface area contributed by atoms with Gasteiger partial charge in [0.1, 0.15) is 6.04 Å². The Hall–Kier alpha value is -2.71. The van der Waals surface area contributed by atoms with E-state index in [2.05, 4.69) is 5.32 Å². The van der Waals surface area contributed by atoms with E-state index in [1.807, 2.05) is 65.8 Å². The summed E-state index contributed by atoms with van der Waals surface area (Å²) in [4.78, 5) is 28.2. The molecule has 1 atom stereocenters. The maximum atomic E-state index is 13.5. The van der Waals surface area contributed by atoms with Gasteiger partial charge in [-0.15, -0.1) is 0 Å². The molecule has 0 fully saturated rings. The van der Waals surface area contributed by atoms with Crippen LogP contribution in [-0.4, -0.2) is 54.6 Å². The normalized spacial score (nSPS) is 12.9. The second kappa shape index (κ2) is 11.1. The van der Waals surface area contributed by atoms with E-state index in [9.17, 15) is 18.0 Å². The van der Waals surface area contributed by atoms with E-state index < -0.39 is 27.5 Å². The zero-order valence-electron chi connectivity index (χ0n) is 21.3. The van der Waals surface area contributed by atoms with E-state index in [0.29, 0.717) is 6.42 Å². The summed E-state index contributed by atoms with van der Waals surface area (Å²) < 4.78 is 27.1. The van der Waals surface area contributed by atoms with Crippen molar-refractivity contribution in [2.24, 2.45) is 0 Å². The van der Waals surface area contributed by atoms with Crippen molar-refractivity contribution >= 4 is 21.8 Å². The average molecular weight is 488 g/mol. The molecule has 34 heavy (non-hydrogen) atoms. The smallest absolute Gasteiger partial charge is 0.243 e. The molecule has 2 aromatic carbocycles. The molecule has 2 aromatic rings. The molecule has 8 heteroatoms. The summed E-state index contributed by atoms with van der Waals surface area (Å²) in [6.45, 7) is 11.2. The molecule has 7 nitrogen and oxygen atoms in total. The highest BCUT2D eigenvalue weighted by molar-refractivity contribution is 7.89. The van der Waals surface area contributed by atoms with Gasteiger partial charge < -0.3 is 10.2 Å². The van der Waals surface area contributed by atoms with Gasteiger partial charge in [-0.1, -0.05) is 54.4 Å². The average Bonchev–Trinajstić information content (AvgIpc) is 2.72. The van der Waals surface area contributed by atoms with Crippen molar-refractivity contribution in [3.05, 3.63) is 65.2 Å². The standard InChI is InChI=1S/C26H37N3O4S/c1-8-23(25(31)27-26(4,5)6)29(17-21-11-9-10-20(3)16-21)24(30)18-28(7)34(32,33)22-14-12-19(2)13-15-22/h9-16,23H,8,17-18H2,1-7H3,(H,27,31). The monoisotopic (exact) mass is 487 g/mol. The first-order valence-corrected chi connectivity index (χ1v) is 12.9. The van der Waals surface area contributed by atoms with Gasteiger partial charge in [-0.2, -0.15) is 4.31 Å². The maximum absolute atomic E-state index is 13.5. The van der Waals surface area contributed by atoms with Gasteiger partial charge in [0.2, 0.25) is 21.8 Å². The van der Waals surface area contributed by atoms with Gasteiger partial charge in [0.25, 0.3) is 0 Å². The third-order valence-electron chi connectivity index (χ3n) is 5.41. The Morgan fingerprint density at radius 3 is 2.15 bits per heavy atom. The molecular weight excluding hydrogens is 450 g/mol. The van der Waals surface area contributed by atoms with Gasteiger partial charge in [0.15, 0.2) is 0 Å². The van der Waals surface area contributed by atoms with Crippen LogP contribution in [0.15, 0.2) is 53.4 Å². The van der Waals surface area contributed by atoms with Gasteiger partial charge >= 0.3 is 0 Å². The quantitative estimate of drug-likeness (QED) is 0.585. The molecule has 0 bridgehead atoms. The topological polar surface area (TPSA) is 86.8 Å². The van der Waals surface area contributed by atoms with Crippen molar-refractivity contribution in [1.29, 1.82) is 0 Å². The number of carbonyl (C=O) groups excluding carboxylic acids is 2. The van der Waals surface area contributed by atoms with E-state index in [1.54, 1.807) is 12.1 Å². The molecule has 1 N–H and O–H groups in total. The van der Waals surface area contributed by atoms with Crippen molar-refractivity contribution in [2.45, 2.75) is 71.0 Å². The van der Waals surface area contributed by atoms with E-state index in [4.69, 9.17) is 0 Å². The van der Waals surface area contributed by atoms with E-state index >= 15 is 0 Å². The van der Waals surface area contributed by atoms with E-state index in [0.717, 1.165) is 21.0 Å². The Balaban J connectivity index is 2.35. The Bertz CT molecular complexity index is 1110. The number of hydrogen-bond donors (Lipinski definition) is 1. The van der Waals surface area contributed by atoms with Crippen molar-refractivity contribution in [1.82, 2.24) is 14.5 Å². The number of aryl methyl sites for hydroxylation is 2. The van der Waals surface area contributed by atoms with Crippen LogP contribution in [0.3, 0.4) is 0 Å². The SMILES string of the molecule is CCC(C(=O)NC(C)(C)C)N(Cc1cccc(C)c1)C(=O)CN(C)S(=O)(=O)c1ccc(C)cc1. The lowest BCUT2D eigenvalue weighted by Gasteiger charge is -2.34. The Kier molecular flexibility index (Phi) is 9.02. The molecular formula is C26H37N3O4S. The number of benzene rings is 2. The van der Waals surface area contributed by atoms with Crippen LogP contribution in [0.4, 0.5) is 0 Å². The van der Waals surface area contributed by atoms with Gasteiger partial charge in [-0.25, -0.2) is 8.42 Å². The van der Waals surface area contributed by atoms with Crippen LogP contribution in [0.2, 0.25) is 0 Å². The molecule has 1 unspecified atom stereocenters. The molecule has 0 aliphatic carbocycles. The summed E-state index contributed by atoms with van der Waals surface area (Å²) in [5.74, 6) is -0.698. The number of carbonyl (C=O) groups is 2. The van der Waals surface area contributed by atoms with Crippen molar-refractivity contribution in [3.63, 3.8) is 0 Å². The number of amides is 2. The minimum Gasteiger partial charge on any atom is -0.350 e. The molecule has 0 radical (unpaired) electrons. The molecule has 0 aliphatic heterocycles. The second-order valence-corrected chi connectivity index (χ2v) is 11.8. The lowest BCUT2D eigenvalue weighted by Crippen LogP contribution is -2.55. The molecule has 0 aromatic heterocycles. The van der Waals surface area contributed by atoms with Crippen molar-refractivity contribution in [2.75, 3.05) is 13.6 Å². The largest absolute Gasteiger partial charge is 0.350 e. The summed E-state index contributed by atoms with van der Waals surface area (Å²) in [7, 11) is -2.48. The van der Waals surface area contributed by atoms with Crippen LogP contribution >= 0.6 is 0 Å². The molecule has 2 rings (SSSR count). The van der Waals surface area contributed by atoms with Crippen LogP contribution in [0.5, 0.6) is 0 Å². The van der Waals surface area contributed by atoms with E-state index in [1.165, 1.54) is 24.1 Å². The van der Waals surface area contributed by atoms with Crippen LogP contribution in [0.25, 0.3) is 0 Å². The van der Waals surface area contributed by atoms with Crippen LogP contribution in [0, 0.1) is 13.8 Å². The fourth-order valence-electron chi connectivity index (χ4n) is 3.64. The predicted octanol–water partition coefficient (Wildman–Crippen LogP) is 3.65. The highest BCUT2D eigenvalue weighted by Gasteiger charge is 2.33. The first kappa shape index (κ1) is 27.5.